The van der Waals surface area contributed by atoms with E-state index in [1.165, 1.54) is 12.8 Å². The van der Waals surface area contributed by atoms with Crippen LogP contribution in [0.3, 0.4) is 0 Å². The predicted molar refractivity (Wildman–Crippen MR) is 78.1 cm³/mol. The third kappa shape index (κ3) is 3.67. The van der Waals surface area contributed by atoms with Crippen molar-refractivity contribution >= 4 is 12.0 Å². The van der Waals surface area contributed by atoms with Crippen molar-refractivity contribution in [3.05, 3.63) is 0 Å². The number of aliphatic carboxylic acids is 1. The minimum absolute atomic E-state index is 0.0415. The number of fused-ring (bicyclic) bond motifs is 1. The topological polar surface area (TPSA) is 72.9 Å². The molecule has 2 aliphatic heterocycles. The quantitative estimate of drug-likeness (QED) is 0.815. The van der Waals surface area contributed by atoms with Gasteiger partial charge >= 0.3 is 12.0 Å². The Bertz CT molecular complexity index is 411. The van der Waals surface area contributed by atoms with Crippen molar-refractivity contribution in [3.8, 4) is 0 Å². The number of nitrogens with one attached hydrogen (secondary N) is 1. The zero-order valence-electron chi connectivity index (χ0n) is 12.5. The Morgan fingerprint density at radius 2 is 1.90 bits per heavy atom. The van der Waals surface area contributed by atoms with Crippen LogP contribution in [0.2, 0.25) is 0 Å². The molecule has 1 aliphatic carbocycles. The second-order valence-corrected chi connectivity index (χ2v) is 6.62. The lowest BCUT2D eigenvalue weighted by molar-refractivity contribution is -0.137. The van der Waals surface area contributed by atoms with E-state index in [1.54, 1.807) is 0 Å². The summed E-state index contributed by atoms with van der Waals surface area (Å²) in [5.41, 5.74) is 0. The highest BCUT2D eigenvalue weighted by atomic mass is 16.4. The van der Waals surface area contributed by atoms with Crippen molar-refractivity contribution in [2.45, 2.75) is 50.6 Å². The zero-order chi connectivity index (χ0) is 14.8. The van der Waals surface area contributed by atoms with Gasteiger partial charge < -0.3 is 15.3 Å². The third-order valence-electron chi connectivity index (χ3n) is 4.99. The third-order valence-corrected chi connectivity index (χ3v) is 4.99. The molecular formula is C15H25N3O3. The molecule has 1 saturated carbocycles. The lowest BCUT2D eigenvalue weighted by Crippen LogP contribution is -2.49. The van der Waals surface area contributed by atoms with E-state index in [1.807, 2.05) is 4.90 Å². The number of rotatable bonds is 4. The van der Waals surface area contributed by atoms with Crippen molar-refractivity contribution in [3.63, 3.8) is 0 Å². The van der Waals surface area contributed by atoms with Crippen molar-refractivity contribution in [2.75, 3.05) is 26.2 Å². The first-order valence-electron chi connectivity index (χ1n) is 8.15. The molecule has 2 amide bonds. The minimum atomic E-state index is -0.829. The van der Waals surface area contributed by atoms with E-state index >= 15 is 0 Å². The molecule has 3 aliphatic rings. The van der Waals surface area contributed by atoms with Crippen LogP contribution in [0.1, 0.15) is 38.5 Å². The number of carboxylic acid groups (broad SMARTS) is 1. The highest BCUT2D eigenvalue weighted by molar-refractivity contribution is 5.76. The van der Waals surface area contributed by atoms with Gasteiger partial charge in [-0.15, -0.1) is 0 Å². The largest absolute Gasteiger partial charge is 0.481 e. The highest BCUT2D eigenvalue weighted by Gasteiger charge is 2.36. The Hall–Kier alpha value is -1.30. The van der Waals surface area contributed by atoms with Gasteiger partial charge in [-0.3, -0.25) is 9.69 Å². The molecule has 21 heavy (non-hydrogen) atoms. The number of urea groups is 1. The lowest BCUT2D eigenvalue weighted by Gasteiger charge is -2.27. The molecule has 0 bridgehead atoms. The van der Waals surface area contributed by atoms with Crippen LogP contribution in [0, 0.1) is 5.92 Å². The molecule has 2 unspecified atom stereocenters. The highest BCUT2D eigenvalue weighted by Crippen LogP contribution is 2.34. The molecular weight excluding hydrogens is 270 g/mol. The first kappa shape index (κ1) is 14.6. The minimum Gasteiger partial charge on any atom is -0.481 e. The number of carbonyl (C=O) groups excluding carboxylic acids is 1. The van der Waals surface area contributed by atoms with Gasteiger partial charge in [0, 0.05) is 31.7 Å². The maximum absolute atomic E-state index is 12.5. The molecule has 2 heterocycles. The summed E-state index contributed by atoms with van der Waals surface area (Å²) in [5, 5.41) is 12.0. The van der Waals surface area contributed by atoms with Gasteiger partial charge in [0.15, 0.2) is 0 Å². The van der Waals surface area contributed by atoms with E-state index in [0.29, 0.717) is 12.0 Å². The second-order valence-electron chi connectivity index (χ2n) is 6.62. The molecule has 2 atom stereocenters. The maximum Gasteiger partial charge on any atom is 0.317 e. The first-order valence-corrected chi connectivity index (χ1v) is 8.15. The Labute approximate surface area is 125 Å². The number of nitrogens with zero attached hydrogens (tertiary/aromatic N) is 2. The molecule has 3 fully saturated rings. The van der Waals surface area contributed by atoms with Gasteiger partial charge in [0.2, 0.25) is 0 Å². The summed E-state index contributed by atoms with van der Waals surface area (Å²) in [7, 11) is 0. The van der Waals surface area contributed by atoms with Crippen molar-refractivity contribution in [1.82, 2.24) is 15.1 Å². The number of carbonyl (C=O) groups is 2. The second kappa shape index (κ2) is 6.22. The smallest absolute Gasteiger partial charge is 0.317 e. The van der Waals surface area contributed by atoms with Crippen LogP contribution in [0.4, 0.5) is 4.79 Å². The molecule has 2 N–H and O–H groups in total. The normalized spacial score (nSPS) is 27.8. The summed E-state index contributed by atoms with van der Waals surface area (Å²) in [6.07, 6.45) is 5.52. The summed E-state index contributed by atoms with van der Waals surface area (Å²) in [5.74, 6) is -0.468. The molecule has 2 saturated heterocycles. The van der Waals surface area contributed by atoms with Crippen LogP contribution in [0.5, 0.6) is 0 Å². The molecule has 3 rings (SSSR count). The molecule has 6 heteroatoms. The van der Waals surface area contributed by atoms with Crippen molar-refractivity contribution in [1.29, 1.82) is 0 Å². The van der Waals surface area contributed by atoms with Crippen molar-refractivity contribution in [2.24, 2.45) is 5.92 Å². The van der Waals surface area contributed by atoms with E-state index in [4.69, 9.17) is 5.11 Å². The fraction of sp³-hybridized carbons (Fsp3) is 0.867. The average Bonchev–Trinajstić information content (AvgIpc) is 3.22. The van der Waals surface area contributed by atoms with E-state index in [9.17, 15) is 9.59 Å². The average molecular weight is 295 g/mol. The number of hydrogen-bond acceptors (Lipinski definition) is 3. The van der Waals surface area contributed by atoms with E-state index in [0.717, 1.165) is 45.4 Å². The molecule has 0 radical (unpaired) electrons. The summed E-state index contributed by atoms with van der Waals surface area (Å²) >= 11 is 0. The molecule has 0 spiro atoms. The van der Waals surface area contributed by atoms with Crippen LogP contribution in [0.25, 0.3) is 0 Å². The van der Waals surface area contributed by atoms with E-state index < -0.39 is 5.97 Å². The lowest BCUT2D eigenvalue weighted by atomic mass is 10.1. The van der Waals surface area contributed by atoms with Crippen LogP contribution in [-0.2, 0) is 4.79 Å². The van der Waals surface area contributed by atoms with Crippen LogP contribution in [-0.4, -0.2) is 65.2 Å². The van der Waals surface area contributed by atoms with Crippen LogP contribution < -0.4 is 5.32 Å². The van der Waals surface area contributed by atoms with E-state index in [2.05, 4.69) is 10.2 Å². The van der Waals surface area contributed by atoms with Gasteiger partial charge in [-0.25, -0.2) is 4.79 Å². The Morgan fingerprint density at radius 3 is 2.62 bits per heavy atom. The van der Waals surface area contributed by atoms with Gasteiger partial charge in [-0.05, 0) is 44.6 Å². The summed E-state index contributed by atoms with van der Waals surface area (Å²) in [4.78, 5) is 27.8. The van der Waals surface area contributed by atoms with Gasteiger partial charge in [-0.1, -0.05) is 0 Å². The maximum atomic E-state index is 12.5. The van der Waals surface area contributed by atoms with Gasteiger partial charge in [0.25, 0.3) is 0 Å². The summed E-state index contributed by atoms with van der Waals surface area (Å²) < 4.78 is 0. The standard InChI is InChI=1S/C15H25N3O3/c19-14(20)9-13(11-4-5-11)16-15(21)18-8-2-7-17-6-1-3-12(17)10-18/h11-13H,1-10H2,(H,16,21)(H,19,20). The van der Waals surface area contributed by atoms with Gasteiger partial charge in [-0.2, -0.15) is 0 Å². The molecule has 0 aromatic heterocycles. The molecule has 6 nitrogen and oxygen atoms in total. The summed E-state index contributed by atoms with van der Waals surface area (Å²) in [6.45, 7) is 3.80. The fourth-order valence-electron chi connectivity index (χ4n) is 3.66. The van der Waals surface area contributed by atoms with Crippen molar-refractivity contribution < 1.29 is 14.7 Å². The first-order chi connectivity index (χ1) is 10.1. The Morgan fingerprint density at radius 1 is 1.14 bits per heavy atom. The SMILES string of the molecule is O=C(O)CC(NC(=O)N1CCCN2CCCC2C1)C1CC1. The molecule has 118 valence electrons. The number of hydrogen-bond donors (Lipinski definition) is 2. The molecule has 0 aromatic carbocycles. The predicted octanol–water partition coefficient (Wildman–Crippen LogP) is 1.12. The number of carboxylic acids is 1. The van der Waals surface area contributed by atoms with Gasteiger partial charge in [0.05, 0.1) is 6.42 Å². The van der Waals surface area contributed by atoms with Crippen LogP contribution in [0.15, 0.2) is 0 Å². The summed E-state index contributed by atoms with van der Waals surface area (Å²) in [6, 6.07) is 0.233. The Balaban J connectivity index is 1.57. The van der Waals surface area contributed by atoms with Crippen LogP contribution >= 0.6 is 0 Å². The fourth-order valence-corrected chi connectivity index (χ4v) is 3.66. The monoisotopic (exact) mass is 295 g/mol. The van der Waals surface area contributed by atoms with Gasteiger partial charge in [0.1, 0.15) is 0 Å². The Kier molecular flexibility index (Phi) is 4.33. The molecule has 0 aromatic rings. The number of amides is 2. The zero-order valence-corrected chi connectivity index (χ0v) is 12.5. The van der Waals surface area contributed by atoms with E-state index in [-0.39, 0.29) is 18.5 Å².